The van der Waals surface area contributed by atoms with Gasteiger partial charge in [-0.15, -0.1) is 0 Å². The first-order chi connectivity index (χ1) is 8.34. The summed E-state index contributed by atoms with van der Waals surface area (Å²) in [4.78, 5) is 20.9. The molecular weight excluding hydrogens is 262 g/mol. The molecule has 0 aromatic heterocycles. The Morgan fingerprint density at radius 3 is 2.28 bits per heavy atom. The molecule has 1 heterocycles. The number of amides is 1. The van der Waals surface area contributed by atoms with Crippen LogP contribution in [-0.2, 0) is 14.8 Å². The minimum Gasteiger partial charge on any atom is -0.318 e. The van der Waals surface area contributed by atoms with Gasteiger partial charge in [-0.1, -0.05) is 0 Å². The van der Waals surface area contributed by atoms with Crippen molar-refractivity contribution in [3.05, 3.63) is 34.4 Å². The summed E-state index contributed by atoms with van der Waals surface area (Å²) in [5, 5.41) is 10.4. The summed E-state index contributed by atoms with van der Waals surface area (Å²) in [5.74, 6) is -0.673. The van der Waals surface area contributed by atoms with Crippen molar-refractivity contribution in [3.8, 4) is 0 Å². The second-order valence-corrected chi connectivity index (χ2v) is 5.59. The smallest absolute Gasteiger partial charge is 0.269 e. The molecule has 1 atom stereocenters. The fourth-order valence-electron chi connectivity index (χ4n) is 1.50. The molecule has 1 aromatic carbocycles. The summed E-state index contributed by atoms with van der Waals surface area (Å²) in [7, 11) is -3.95. The largest absolute Gasteiger partial charge is 0.318 e. The summed E-state index contributed by atoms with van der Waals surface area (Å²) in [6.07, 6.45) is 0. The summed E-state index contributed by atoms with van der Waals surface area (Å²) >= 11 is 0. The van der Waals surface area contributed by atoms with E-state index in [4.69, 9.17) is 5.73 Å². The topological polar surface area (TPSA) is 124 Å². The number of nitro benzene ring substituents is 1. The van der Waals surface area contributed by atoms with E-state index in [1.807, 2.05) is 0 Å². The zero-order chi connectivity index (χ0) is 13.5. The third-order valence-electron chi connectivity index (χ3n) is 2.56. The number of nitrogens with two attached hydrogens (primary N) is 1. The lowest BCUT2D eigenvalue weighted by Gasteiger charge is -2.34. The van der Waals surface area contributed by atoms with Crippen LogP contribution in [0.1, 0.15) is 0 Å². The number of sulfonamides is 1. The highest BCUT2D eigenvalue weighted by Crippen LogP contribution is 2.23. The van der Waals surface area contributed by atoms with Crippen molar-refractivity contribution in [3.63, 3.8) is 0 Å². The van der Waals surface area contributed by atoms with Gasteiger partial charge in [-0.2, -0.15) is 0 Å². The Morgan fingerprint density at radius 2 is 1.89 bits per heavy atom. The number of benzene rings is 1. The van der Waals surface area contributed by atoms with E-state index in [0.29, 0.717) is 4.31 Å². The first-order valence-corrected chi connectivity index (χ1v) is 6.34. The lowest BCUT2D eigenvalue weighted by Crippen LogP contribution is -2.62. The van der Waals surface area contributed by atoms with Crippen molar-refractivity contribution >= 4 is 21.6 Å². The Bertz CT molecular complexity index is 610. The molecular formula is C9H9N3O5S. The van der Waals surface area contributed by atoms with Gasteiger partial charge in [0, 0.05) is 12.1 Å². The maximum absolute atomic E-state index is 11.9. The van der Waals surface area contributed by atoms with Crippen LogP contribution in [0.25, 0.3) is 0 Å². The molecule has 1 aliphatic heterocycles. The van der Waals surface area contributed by atoms with Gasteiger partial charge in [0.1, 0.15) is 6.04 Å². The summed E-state index contributed by atoms with van der Waals surface area (Å²) in [6, 6.07) is 3.52. The third kappa shape index (κ3) is 1.83. The molecule has 18 heavy (non-hydrogen) atoms. The average Bonchev–Trinajstić information content (AvgIpc) is 2.35. The number of carbonyl (C=O) groups excluding carboxylic acids is 1. The number of rotatable bonds is 3. The van der Waals surface area contributed by atoms with Crippen LogP contribution in [0.3, 0.4) is 0 Å². The highest BCUT2D eigenvalue weighted by Gasteiger charge is 2.42. The number of β-lactam (4-membered cyclic amide) rings is 1. The molecule has 8 nitrogen and oxygen atoms in total. The van der Waals surface area contributed by atoms with Gasteiger partial charge in [0.05, 0.1) is 16.4 Å². The van der Waals surface area contributed by atoms with E-state index in [1.165, 1.54) is 0 Å². The van der Waals surface area contributed by atoms with Crippen molar-refractivity contribution in [2.45, 2.75) is 10.9 Å². The van der Waals surface area contributed by atoms with Gasteiger partial charge in [-0.25, -0.2) is 12.7 Å². The standard InChI is InChI=1S/C9H9N3O5S/c10-8-5-11(9(8)13)18(16,17)7-3-1-6(2-4-7)12(14)15/h1-4,8H,5,10H2. The van der Waals surface area contributed by atoms with Crippen LogP contribution in [0.5, 0.6) is 0 Å². The summed E-state index contributed by atoms with van der Waals surface area (Å²) in [6.45, 7) is -0.0713. The van der Waals surface area contributed by atoms with Crippen molar-refractivity contribution in [1.82, 2.24) is 4.31 Å². The molecule has 0 spiro atoms. The molecule has 0 saturated carbocycles. The molecule has 0 aliphatic carbocycles. The fraction of sp³-hybridized carbons (Fsp3) is 0.222. The van der Waals surface area contributed by atoms with Crippen LogP contribution in [-0.4, -0.2) is 36.1 Å². The average molecular weight is 271 g/mol. The van der Waals surface area contributed by atoms with Crippen LogP contribution in [0.15, 0.2) is 29.2 Å². The van der Waals surface area contributed by atoms with Crippen LogP contribution in [0.2, 0.25) is 0 Å². The van der Waals surface area contributed by atoms with Gasteiger partial charge in [-0.3, -0.25) is 14.9 Å². The molecule has 1 fully saturated rings. The van der Waals surface area contributed by atoms with Crippen LogP contribution < -0.4 is 5.73 Å². The predicted octanol–water partition coefficient (Wildman–Crippen LogP) is -0.547. The maximum atomic E-state index is 11.9. The number of nitrogens with zero attached hydrogens (tertiary/aromatic N) is 2. The Kier molecular flexibility index (Phi) is 2.79. The van der Waals surface area contributed by atoms with E-state index in [0.717, 1.165) is 24.3 Å². The minimum absolute atomic E-state index is 0.0713. The Balaban J connectivity index is 2.31. The molecule has 1 aliphatic rings. The van der Waals surface area contributed by atoms with Crippen LogP contribution >= 0.6 is 0 Å². The lowest BCUT2D eigenvalue weighted by atomic mass is 10.2. The van der Waals surface area contributed by atoms with Gasteiger partial charge in [-0.05, 0) is 12.1 Å². The zero-order valence-electron chi connectivity index (χ0n) is 9.02. The highest BCUT2D eigenvalue weighted by atomic mass is 32.2. The lowest BCUT2D eigenvalue weighted by molar-refractivity contribution is -0.384. The molecule has 1 unspecified atom stereocenters. The molecule has 1 aromatic rings. The molecule has 0 radical (unpaired) electrons. The molecule has 2 rings (SSSR count). The normalized spacial score (nSPS) is 19.5. The quantitative estimate of drug-likeness (QED) is 0.447. The Morgan fingerprint density at radius 1 is 1.33 bits per heavy atom. The predicted molar refractivity (Wildman–Crippen MR) is 60.0 cm³/mol. The summed E-state index contributed by atoms with van der Waals surface area (Å²) in [5.41, 5.74) is 5.08. The molecule has 1 saturated heterocycles. The monoisotopic (exact) mass is 271 g/mol. The highest BCUT2D eigenvalue weighted by molar-refractivity contribution is 7.89. The van der Waals surface area contributed by atoms with Crippen LogP contribution in [0.4, 0.5) is 5.69 Å². The molecule has 96 valence electrons. The van der Waals surface area contributed by atoms with E-state index < -0.39 is 26.9 Å². The van der Waals surface area contributed by atoms with Crippen molar-refractivity contribution < 1.29 is 18.1 Å². The van der Waals surface area contributed by atoms with Crippen molar-refractivity contribution in [2.75, 3.05) is 6.54 Å². The Hall–Kier alpha value is -2.00. The van der Waals surface area contributed by atoms with E-state index in [1.54, 1.807) is 0 Å². The molecule has 2 N–H and O–H groups in total. The fourth-order valence-corrected chi connectivity index (χ4v) is 2.97. The first kappa shape index (κ1) is 12.5. The van der Waals surface area contributed by atoms with Crippen molar-refractivity contribution in [2.24, 2.45) is 5.73 Å². The van der Waals surface area contributed by atoms with Gasteiger partial charge >= 0.3 is 0 Å². The molecule has 0 bridgehead atoms. The van der Waals surface area contributed by atoms with E-state index in [2.05, 4.69) is 0 Å². The van der Waals surface area contributed by atoms with Crippen LogP contribution in [0, 0.1) is 10.1 Å². The Labute approximate surface area is 102 Å². The van der Waals surface area contributed by atoms with Gasteiger partial charge < -0.3 is 5.73 Å². The second kappa shape index (κ2) is 4.03. The minimum atomic E-state index is -3.95. The summed E-state index contributed by atoms with van der Waals surface area (Å²) < 4.78 is 24.5. The number of carbonyl (C=O) groups is 1. The number of nitro groups is 1. The molecule has 1 amide bonds. The van der Waals surface area contributed by atoms with Gasteiger partial charge in [0.25, 0.3) is 21.6 Å². The first-order valence-electron chi connectivity index (χ1n) is 4.90. The maximum Gasteiger partial charge on any atom is 0.269 e. The van der Waals surface area contributed by atoms with E-state index >= 15 is 0 Å². The van der Waals surface area contributed by atoms with Crippen molar-refractivity contribution in [1.29, 1.82) is 0 Å². The second-order valence-electron chi connectivity index (χ2n) is 3.73. The number of non-ortho nitro benzene ring substituents is 1. The molecule has 9 heteroatoms. The SMILES string of the molecule is NC1CN(S(=O)(=O)c2ccc([N+](=O)[O-])cc2)C1=O. The number of hydrogen-bond donors (Lipinski definition) is 1. The van der Waals surface area contributed by atoms with Gasteiger partial charge in [0.15, 0.2) is 0 Å². The number of hydrogen-bond acceptors (Lipinski definition) is 6. The van der Waals surface area contributed by atoms with E-state index in [-0.39, 0.29) is 17.1 Å². The van der Waals surface area contributed by atoms with Gasteiger partial charge in [0.2, 0.25) is 0 Å². The van der Waals surface area contributed by atoms with E-state index in [9.17, 15) is 23.3 Å². The third-order valence-corrected chi connectivity index (χ3v) is 4.34. The zero-order valence-corrected chi connectivity index (χ0v) is 9.83.